The van der Waals surface area contributed by atoms with Gasteiger partial charge in [-0.05, 0) is 16.7 Å². The first-order chi connectivity index (χ1) is 24.3. The quantitative estimate of drug-likeness (QED) is 0.151. The van der Waals surface area contributed by atoms with Crippen molar-refractivity contribution < 1.29 is 24.2 Å². The molecule has 52 heavy (non-hydrogen) atoms. The van der Waals surface area contributed by atoms with Crippen LogP contribution in [0.15, 0.2) is 120 Å². The van der Waals surface area contributed by atoms with Gasteiger partial charge < -0.3 is 0 Å². The molecule has 0 amide bonds. The molecule has 0 saturated carbocycles. The number of fused-ring (bicyclic) bond motifs is 3. The SMILES string of the molecule is CC(C)(C)c1ccc2c(c1)[cH-]c1cc(C(C)(C)C)ccc12.CC(C)C1=[C-]C(C(C)C)C(C(C)C)=C1C(C)C.[Zr+2]=[C](c1ccccc1)c1ccccc1. The molecule has 0 bridgehead atoms. The molecule has 5 aromatic carbocycles. The Bertz CT molecular complexity index is 1880. The van der Waals surface area contributed by atoms with Gasteiger partial charge in [-0.15, -0.1) is 39.7 Å². The summed E-state index contributed by atoms with van der Waals surface area (Å²) in [6.45, 7) is 32.2. The monoisotopic (exact) mass is 766 g/mol. The van der Waals surface area contributed by atoms with E-state index in [0.717, 1.165) is 0 Å². The molecular formula is C51H64Zr. The van der Waals surface area contributed by atoms with Crippen LogP contribution in [0.2, 0.25) is 0 Å². The molecule has 0 nitrogen and oxygen atoms in total. The molecule has 0 spiro atoms. The molecule has 0 aliphatic heterocycles. The van der Waals surface area contributed by atoms with Crippen molar-refractivity contribution in [3.05, 3.63) is 148 Å². The second-order valence-electron chi connectivity index (χ2n) is 18.0. The van der Waals surface area contributed by atoms with E-state index in [1.54, 1.807) is 11.1 Å². The number of hydrogen-bond acceptors (Lipinski definition) is 0. The third kappa shape index (κ3) is 10.1. The van der Waals surface area contributed by atoms with Gasteiger partial charge >= 0.3 is 99.2 Å². The molecule has 1 aliphatic rings. The van der Waals surface area contributed by atoms with Crippen LogP contribution in [0, 0.1) is 35.7 Å². The van der Waals surface area contributed by atoms with Crippen molar-refractivity contribution >= 4 is 24.8 Å². The number of allylic oxidation sites excluding steroid dienone is 4. The van der Waals surface area contributed by atoms with Crippen LogP contribution in [0.25, 0.3) is 21.5 Å². The Hall–Kier alpha value is -3.02. The topological polar surface area (TPSA) is 0 Å². The summed E-state index contributed by atoms with van der Waals surface area (Å²) in [7, 11) is 0. The molecule has 1 aliphatic carbocycles. The average molecular weight is 768 g/mol. The Balaban J connectivity index is 0.000000178. The average Bonchev–Trinajstić information content (AvgIpc) is 3.68. The van der Waals surface area contributed by atoms with Crippen LogP contribution in [0.4, 0.5) is 0 Å². The van der Waals surface area contributed by atoms with Gasteiger partial charge in [0.05, 0.1) is 0 Å². The van der Waals surface area contributed by atoms with Crippen LogP contribution in [0.1, 0.15) is 119 Å². The minimum absolute atomic E-state index is 0.203. The Labute approximate surface area is 332 Å². The van der Waals surface area contributed by atoms with Gasteiger partial charge in [0.25, 0.3) is 0 Å². The zero-order valence-corrected chi connectivity index (χ0v) is 37.2. The Kier molecular flexibility index (Phi) is 14.0. The summed E-state index contributed by atoms with van der Waals surface area (Å²) >= 11 is 1.46. The normalized spacial score (nSPS) is 15.0. The minimum atomic E-state index is 0.203. The van der Waals surface area contributed by atoms with E-state index in [1.165, 1.54) is 76.8 Å². The molecule has 0 fully saturated rings. The van der Waals surface area contributed by atoms with Crippen LogP contribution in [-0.2, 0) is 35.1 Å². The molecule has 0 saturated heterocycles. The molecule has 272 valence electrons. The van der Waals surface area contributed by atoms with Gasteiger partial charge in [0, 0.05) is 0 Å². The van der Waals surface area contributed by atoms with Crippen molar-refractivity contribution in [2.24, 2.45) is 29.6 Å². The maximum atomic E-state index is 3.80. The van der Waals surface area contributed by atoms with Crippen molar-refractivity contribution in [1.29, 1.82) is 0 Å². The van der Waals surface area contributed by atoms with Crippen LogP contribution in [-0.4, -0.2) is 3.21 Å². The fourth-order valence-corrected chi connectivity index (χ4v) is 8.12. The van der Waals surface area contributed by atoms with Crippen LogP contribution in [0.5, 0.6) is 0 Å². The molecule has 1 heteroatoms. The Morgan fingerprint density at radius 1 is 0.577 bits per heavy atom. The molecule has 0 aromatic heterocycles. The first-order valence-corrected chi connectivity index (χ1v) is 20.7. The van der Waals surface area contributed by atoms with Gasteiger partial charge in [0.1, 0.15) is 0 Å². The predicted molar refractivity (Wildman–Crippen MR) is 227 cm³/mol. The third-order valence-corrected chi connectivity index (χ3v) is 11.7. The summed E-state index contributed by atoms with van der Waals surface area (Å²) in [5, 5.41) is 5.48. The molecular weight excluding hydrogens is 704 g/mol. The standard InChI is InChI=1S/C21H25.C17H29.C13H10.Zr/c1-20(2,3)16-7-9-18-14(12-16)11-15-13-17(21(4,5)6)8-10-19(15)18;1-10(2)14-9-15(11(3)4)17(13(7)8)16(14)12(5)6;1-3-7-12(8-4-1)11-13-9-5-2-6-10-13;/h7-13H,1-6H3;10-14H,1-8H3;1-10H;/q2*-1;;+2. The van der Waals surface area contributed by atoms with Crippen LogP contribution in [0.3, 0.4) is 0 Å². The molecule has 6 rings (SSSR count). The van der Waals surface area contributed by atoms with Gasteiger partial charge in [0.2, 0.25) is 0 Å². The van der Waals surface area contributed by atoms with Crippen molar-refractivity contribution in [1.82, 2.24) is 0 Å². The fourth-order valence-electron chi connectivity index (χ4n) is 7.30. The van der Waals surface area contributed by atoms with Crippen molar-refractivity contribution in [3.63, 3.8) is 0 Å². The first kappa shape index (κ1) is 41.7. The predicted octanol–water partition coefficient (Wildman–Crippen LogP) is 14.4. The number of hydrogen-bond donors (Lipinski definition) is 0. The first-order valence-electron chi connectivity index (χ1n) is 19.5. The summed E-state index contributed by atoms with van der Waals surface area (Å²) in [4.78, 5) is 0. The summed E-state index contributed by atoms with van der Waals surface area (Å²) < 4.78 is 1.42. The summed E-state index contributed by atoms with van der Waals surface area (Å²) in [6.07, 6.45) is 3.80. The zero-order valence-electron chi connectivity index (χ0n) is 34.7. The van der Waals surface area contributed by atoms with E-state index in [-0.39, 0.29) is 10.8 Å². The van der Waals surface area contributed by atoms with Crippen molar-refractivity contribution in [3.8, 4) is 0 Å². The van der Waals surface area contributed by atoms with E-state index in [0.29, 0.717) is 29.6 Å². The summed E-state index contributed by atoms with van der Waals surface area (Å²) in [5.41, 5.74) is 10.6. The van der Waals surface area contributed by atoms with Crippen LogP contribution < -0.4 is 0 Å². The summed E-state index contributed by atoms with van der Waals surface area (Å²) in [6, 6.07) is 37.3. The second-order valence-corrected chi connectivity index (χ2v) is 19.2. The van der Waals surface area contributed by atoms with Crippen LogP contribution >= 0.6 is 0 Å². The van der Waals surface area contributed by atoms with Gasteiger partial charge in [-0.1, -0.05) is 156 Å². The van der Waals surface area contributed by atoms with Gasteiger partial charge in [-0.2, -0.15) is 11.1 Å². The van der Waals surface area contributed by atoms with E-state index in [1.807, 2.05) is 0 Å². The van der Waals surface area contributed by atoms with E-state index in [4.69, 9.17) is 0 Å². The van der Waals surface area contributed by atoms with Gasteiger partial charge in [0.15, 0.2) is 0 Å². The molecule has 5 aromatic rings. The zero-order chi connectivity index (χ0) is 38.5. The van der Waals surface area contributed by atoms with E-state index in [9.17, 15) is 0 Å². The molecule has 1 atom stereocenters. The Morgan fingerprint density at radius 2 is 1.00 bits per heavy atom. The van der Waals surface area contributed by atoms with E-state index < -0.39 is 0 Å². The van der Waals surface area contributed by atoms with E-state index >= 15 is 0 Å². The molecule has 1 unspecified atom stereocenters. The molecule has 0 heterocycles. The Morgan fingerprint density at radius 3 is 1.33 bits per heavy atom. The van der Waals surface area contributed by atoms with Gasteiger partial charge in [-0.25, -0.2) is 5.57 Å². The number of benzene rings is 4. The van der Waals surface area contributed by atoms with Crippen molar-refractivity contribution in [2.45, 2.75) is 108 Å². The molecule has 0 radical (unpaired) electrons. The van der Waals surface area contributed by atoms with E-state index in [2.05, 4.69) is 206 Å². The third-order valence-electron chi connectivity index (χ3n) is 10.3. The summed E-state index contributed by atoms with van der Waals surface area (Å²) in [5.74, 6) is 3.08. The fraction of sp³-hybridized carbons (Fsp3) is 0.412. The maximum absolute atomic E-state index is 3.80. The second kappa shape index (κ2) is 17.4. The number of rotatable bonds is 6. The molecule has 0 N–H and O–H groups in total. The van der Waals surface area contributed by atoms with Crippen molar-refractivity contribution in [2.75, 3.05) is 0 Å². The van der Waals surface area contributed by atoms with Gasteiger partial charge in [-0.3, -0.25) is 6.08 Å².